The van der Waals surface area contributed by atoms with Crippen LogP contribution >= 0.6 is 0 Å². The molecule has 0 aromatic heterocycles. The minimum absolute atomic E-state index is 0.142. The molecule has 8 nitrogen and oxygen atoms in total. The fraction of sp³-hybridized carbons (Fsp3) is 0.577. The van der Waals surface area contributed by atoms with Crippen molar-refractivity contribution in [1.29, 1.82) is 10.8 Å². The molecular weight excluding hydrogens is 483 g/mol. The van der Waals surface area contributed by atoms with Crippen molar-refractivity contribution in [3.63, 3.8) is 0 Å². The molecule has 3 heterocycles. The molecule has 0 unspecified atom stereocenters. The first-order valence-electron chi connectivity index (χ1n) is 12.8. The molecule has 11 heteroatoms. The van der Waals surface area contributed by atoms with E-state index in [1.54, 1.807) is 0 Å². The van der Waals surface area contributed by atoms with Gasteiger partial charge in [-0.25, -0.2) is 0 Å². The van der Waals surface area contributed by atoms with Gasteiger partial charge in [0, 0.05) is 64.4 Å². The van der Waals surface area contributed by atoms with Crippen LogP contribution in [-0.2, 0) is 0 Å². The molecular formula is C26H36F3N7O. The van der Waals surface area contributed by atoms with Gasteiger partial charge in [0.2, 0.25) is 5.84 Å². The maximum absolute atomic E-state index is 13.0. The largest absolute Gasteiger partial charge is 0.492 e. The zero-order valence-electron chi connectivity index (χ0n) is 21.4. The van der Waals surface area contributed by atoms with Crippen LogP contribution in [0.4, 0.5) is 13.2 Å². The number of hydrogen-bond donors (Lipinski definition) is 2. The van der Waals surface area contributed by atoms with E-state index in [0.717, 1.165) is 57.0 Å². The van der Waals surface area contributed by atoms with Crippen LogP contribution < -0.4 is 4.74 Å². The highest BCUT2D eigenvalue weighted by Crippen LogP contribution is 2.31. The third-order valence-electron chi connectivity index (χ3n) is 7.34. The van der Waals surface area contributed by atoms with Crippen molar-refractivity contribution in [1.82, 2.24) is 19.7 Å². The number of alkyl halides is 3. The Morgan fingerprint density at radius 3 is 2.30 bits per heavy atom. The Bertz CT molecular complexity index is 1010. The summed E-state index contributed by atoms with van der Waals surface area (Å²) in [6.45, 7) is 13.0. The summed E-state index contributed by atoms with van der Waals surface area (Å²) in [7, 11) is 0. The molecule has 3 aliphatic heterocycles. The van der Waals surface area contributed by atoms with Gasteiger partial charge < -0.3 is 14.5 Å². The molecule has 3 aliphatic rings. The van der Waals surface area contributed by atoms with Gasteiger partial charge in [-0.15, -0.1) is 0 Å². The molecule has 1 aromatic rings. The highest BCUT2D eigenvalue weighted by Gasteiger charge is 2.41. The fourth-order valence-electron chi connectivity index (χ4n) is 5.04. The monoisotopic (exact) mass is 519 g/mol. The van der Waals surface area contributed by atoms with Crippen molar-refractivity contribution >= 4 is 17.5 Å². The number of allylic oxidation sites excluding steroid dienone is 1. The summed E-state index contributed by atoms with van der Waals surface area (Å²) < 4.78 is 44.9. The van der Waals surface area contributed by atoms with Crippen molar-refractivity contribution < 1.29 is 17.9 Å². The topological polar surface area (TPSA) is 82.2 Å². The summed E-state index contributed by atoms with van der Waals surface area (Å²) in [5.74, 6) is -0.172. The Balaban J connectivity index is 1.23. The number of nitrogens with one attached hydrogen (secondary N) is 2. The number of halogens is 3. The van der Waals surface area contributed by atoms with Gasteiger partial charge in [0.15, 0.2) is 0 Å². The SMILES string of the molecule is C=C(C)N1CCN(CCOc2ccc(C3CCN(C4=NN(C(=N)C(F)(F)F)C(=N)CC4)CC3)cc2)CC1. The summed E-state index contributed by atoms with van der Waals surface area (Å²) >= 11 is 0. The lowest BCUT2D eigenvalue weighted by Crippen LogP contribution is -2.47. The lowest BCUT2D eigenvalue weighted by atomic mass is 9.89. The van der Waals surface area contributed by atoms with Gasteiger partial charge in [-0.05, 0) is 43.4 Å². The van der Waals surface area contributed by atoms with E-state index in [-0.39, 0.29) is 12.3 Å². The van der Waals surface area contributed by atoms with E-state index in [9.17, 15) is 13.2 Å². The van der Waals surface area contributed by atoms with Crippen LogP contribution in [-0.4, -0.2) is 95.8 Å². The summed E-state index contributed by atoms with van der Waals surface area (Å²) in [5, 5.41) is 19.6. The zero-order valence-corrected chi connectivity index (χ0v) is 21.4. The molecule has 0 atom stereocenters. The minimum Gasteiger partial charge on any atom is -0.492 e. The third kappa shape index (κ3) is 6.82. The average Bonchev–Trinajstić information content (AvgIpc) is 2.89. The van der Waals surface area contributed by atoms with Gasteiger partial charge in [0.25, 0.3) is 0 Å². The predicted molar refractivity (Wildman–Crippen MR) is 138 cm³/mol. The number of ether oxygens (including phenoxy) is 1. The second-order valence-electron chi connectivity index (χ2n) is 9.86. The van der Waals surface area contributed by atoms with E-state index < -0.39 is 12.0 Å². The van der Waals surface area contributed by atoms with Crippen molar-refractivity contribution in [2.24, 2.45) is 5.10 Å². The zero-order chi connectivity index (χ0) is 26.6. The first kappa shape index (κ1) is 27.0. The predicted octanol–water partition coefficient (Wildman–Crippen LogP) is 4.32. The number of nitrogens with zero attached hydrogens (tertiary/aromatic N) is 5. The normalized spacial score (nSPS) is 20.2. The minimum atomic E-state index is -4.83. The molecule has 2 N–H and O–H groups in total. The maximum Gasteiger partial charge on any atom is 0.451 e. The van der Waals surface area contributed by atoms with Crippen LogP contribution in [0.1, 0.15) is 44.1 Å². The van der Waals surface area contributed by atoms with Crippen molar-refractivity contribution in [3.05, 3.63) is 42.1 Å². The first-order valence-corrected chi connectivity index (χ1v) is 12.8. The number of hydrogen-bond acceptors (Lipinski definition) is 7. The third-order valence-corrected chi connectivity index (χ3v) is 7.34. The molecule has 0 aliphatic carbocycles. The fourth-order valence-corrected chi connectivity index (χ4v) is 5.04. The number of likely N-dealkylation sites (tertiary alicyclic amines) is 1. The second kappa shape index (κ2) is 11.5. The van der Waals surface area contributed by atoms with Gasteiger partial charge in [-0.2, -0.15) is 23.3 Å². The smallest absolute Gasteiger partial charge is 0.451 e. The van der Waals surface area contributed by atoms with Gasteiger partial charge >= 0.3 is 6.18 Å². The first-order chi connectivity index (χ1) is 17.6. The molecule has 0 saturated carbocycles. The molecule has 0 bridgehead atoms. The lowest BCUT2D eigenvalue weighted by molar-refractivity contribution is -0.0671. The molecule has 0 spiro atoms. The molecule has 202 valence electrons. The molecule has 2 fully saturated rings. The van der Waals surface area contributed by atoms with E-state index in [2.05, 4.69) is 33.6 Å². The van der Waals surface area contributed by atoms with Gasteiger partial charge in [0.05, 0.1) is 0 Å². The van der Waals surface area contributed by atoms with Gasteiger partial charge in [0.1, 0.15) is 24.0 Å². The van der Waals surface area contributed by atoms with E-state index in [1.807, 2.05) is 24.0 Å². The number of rotatable bonds is 6. The van der Waals surface area contributed by atoms with E-state index in [0.29, 0.717) is 42.9 Å². The molecule has 0 radical (unpaired) electrons. The van der Waals surface area contributed by atoms with Crippen molar-refractivity contribution in [3.8, 4) is 5.75 Å². The van der Waals surface area contributed by atoms with Crippen LogP contribution in [0.2, 0.25) is 0 Å². The molecule has 4 rings (SSSR count). The van der Waals surface area contributed by atoms with E-state index >= 15 is 0 Å². The summed E-state index contributed by atoms with van der Waals surface area (Å²) in [6, 6.07) is 8.23. The molecule has 2 saturated heterocycles. The Hall–Kier alpha value is -3.08. The van der Waals surface area contributed by atoms with Crippen molar-refractivity contribution in [2.75, 3.05) is 52.4 Å². The second-order valence-corrected chi connectivity index (χ2v) is 9.86. The Morgan fingerprint density at radius 1 is 1.05 bits per heavy atom. The van der Waals surface area contributed by atoms with Crippen molar-refractivity contribution in [2.45, 2.75) is 44.7 Å². The summed E-state index contributed by atoms with van der Waals surface area (Å²) in [6.07, 6.45) is -2.54. The molecule has 0 amide bonds. The van der Waals surface area contributed by atoms with Crippen LogP contribution in [0.25, 0.3) is 0 Å². The van der Waals surface area contributed by atoms with Crippen LogP contribution in [0, 0.1) is 10.8 Å². The average molecular weight is 520 g/mol. The summed E-state index contributed by atoms with van der Waals surface area (Å²) in [5.41, 5.74) is 2.36. The highest BCUT2D eigenvalue weighted by molar-refractivity contribution is 6.04. The quantitative estimate of drug-likeness (QED) is 0.432. The maximum atomic E-state index is 13.0. The Labute approximate surface area is 216 Å². The van der Waals surface area contributed by atoms with E-state index in [1.165, 1.54) is 5.56 Å². The Morgan fingerprint density at radius 2 is 1.70 bits per heavy atom. The van der Waals surface area contributed by atoms with Gasteiger partial charge in [-0.1, -0.05) is 18.7 Å². The van der Waals surface area contributed by atoms with Crippen LogP contribution in [0.15, 0.2) is 41.6 Å². The lowest BCUT2D eigenvalue weighted by Gasteiger charge is -2.37. The van der Waals surface area contributed by atoms with Crippen LogP contribution in [0.5, 0.6) is 5.75 Å². The van der Waals surface area contributed by atoms with Crippen LogP contribution in [0.3, 0.4) is 0 Å². The molecule has 37 heavy (non-hydrogen) atoms. The van der Waals surface area contributed by atoms with E-state index in [4.69, 9.17) is 15.6 Å². The number of piperidine rings is 1. The number of benzene rings is 1. The molecule has 1 aromatic carbocycles. The standard InChI is InChI=1S/C26H36F3N7O/c1-19(2)34-15-13-33(14-16-34)17-18-37-22-5-3-20(4-6-22)21-9-11-35(12-10-21)24-8-7-23(30)36(32-24)25(31)26(27,28)29/h3-6,21,30-31H,1,7-18H2,2H3. The number of hydrazone groups is 1. The highest BCUT2D eigenvalue weighted by atomic mass is 19.4. The summed E-state index contributed by atoms with van der Waals surface area (Å²) in [4.78, 5) is 6.71. The Kier molecular flexibility index (Phi) is 8.41. The number of piperazine rings is 1. The number of amidine groups is 3. The van der Waals surface area contributed by atoms with Gasteiger partial charge in [-0.3, -0.25) is 15.7 Å².